The number of halogens is 1. The van der Waals surface area contributed by atoms with E-state index in [1.807, 2.05) is 18.2 Å². The number of carbonyl (C=O) groups excluding carboxylic acids is 1. The van der Waals surface area contributed by atoms with Gasteiger partial charge in [-0.2, -0.15) is 5.10 Å². The van der Waals surface area contributed by atoms with Crippen molar-refractivity contribution in [2.75, 3.05) is 13.2 Å². The van der Waals surface area contributed by atoms with Crippen molar-refractivity contribution in [1.82, 2.24) is 15.1 Å². The first-order valence-corrected chi connectivity index (χ1v) is 8.17. The summed E-state index contributed by atoms with van der Waals surface area (Å²) in [5.41, 5.74) is 1.87. The van der Waals surface area contributed by atoms with Crippen molar-refractivity contribution in [3.05, 3.63) is 71.8 Å². The maximum atomic E-state index is 13.0. The number of benzene rings is 2. The first kappa shape index (κ1) is 16.1. The summed E-state index contributed by atoms with van der Waals surface area (Å²) in [6, 6.07) is 13.1. The second-order valence-electron chi connectivity index (χ2n) is 5.78. The van der Waals surface area contributed by atoms with Crippen LogP contribution in [0.25, 0.3) is 5.69 Å². The average molecular weight is 353 g/mol. The number of nitrogens with zero attached hydrogens (tertiary/aromatic N) is 2. The molecule has 1 aromatic heterocycles. The summed E-state index contributed by atoms with van der Waals surface area (Å²) < 4.78 is 25.5. The van der Waals surface area contributed by atoms with Crippen molar-refractivity contribution in [2.45, 2.75) is 6.54 Å². The van der Waals surface area contributed by atoms with Crippen LogP contribution in [0.3, 0.4) is 0 Å². The van der Waals surface area contributed by atoms with Gasteiger partial charge in [0.25, 0.3) is 5.91 Å². The average Bonchev–Trinajstić information content (AvgIpc) is 3.17. The molecule has 0 atom stereocenters. The topological polar surface area (TPSA) is 65.4 Å². The van der Waals surface area contributed by atoms with E-state index in [0.717, 1.165) is 5.56 Å². The van der Waals surface area contributed by atoms with Crippen LogP contribution in [0.15, 0.2) is 54.7 Å². The minimum absolute atomic E-state index is 0.284. The summed E-state index contributed by atoms with van der Waals surface area (Å²) in [6.07, 6.45) is 1.66. The van der Waals surface area contributed by atoms with Crippen LogP contribution in [0.2, 0.25) is 0 Å². The summed E-state index contributed by atoms with van der Waals surface area (Å²) in [5, 5.41) is 7.05. The lowest BCUT2D eigenvalue weighted by Gasteiger charge is -2.18. The Morgan fingerprint density at radius 3 is 2.65 bits per heavy atom. The van der Waals surface area contributed by atoms with Gasteiger partial charge in [0.2, 0.25) is 0 Å². The number of aromatic nitrogens is 2. The van der Waals surface area contributed by atoms with E-state index in [-0.39, 0.29) is 17.4 Å². The SMILES string of the molecule is O=C(NCc1ccc2c(c1)OCCO2)c1ccn(-c2ccc(F)cc2)n1. The molecule has 1 amide bonds. The Morgan fingerprint density at radius 1 is 1.08 bits per heavy atom. The van der Waals surface area contributed by atoms with Crippen LogP contribution in [0.1, 0.15) is 16.1 Å². The molecule has 0 spiro atoms. The number of nitrogens with one attached hydrogen (secondary N) is 1. The molecule has 4 rings (SSSR count). The second-order valence-corrected chi connectivity index (χ2v) is 5.78. The zero-order chi connectivity index (χ0) is 17.9. The Hall–Kier alpha value is -3.35. The van der Waals surface area contributed by atoms with Crippen molar-refractivity contribution >= 4 is 5.91 Å². The molecule has 2 heterocycles. The van der Waals surface area contributed by atoms with Crippen molar-refractivity contribution < 1.29 is 18.7 Å². The van der Waals surface area contributed by atoms with Gasteiger partial charge < -0.3 is 14.8 Å². The van der Waals surface area contributed by atoms with E-state index >= 15 is 0 Å². The summed E-state index contributed by atoms with van der Waals surface area (Å²) in [5.74, 6) is 0.784. The molecule has 0 bridgehead atoms. The molecule has 0 radical (unpaired) electrons. The largest absolute Gasteiger partial charge is 0.486 e. The first-order chi connectivity index (χ1) is 12.7. The zero-order valence-corrected chi connectivity index (χ0v) is 13.8. The van der Waals surface area contributed by atoms with Crippen LogP contribution in [0.5, 0.6) is 11.5 Å². The molecule has 1 aliphatic heterocycles. The highest BCUT2D eigenvalue weighted by Crippen LogP contribution is 2.30. The molecule has 26 heavy (non-hydrogen) atoms. The van der Waals surface area contributed by atoms with Crippen molar-refractivity contribution in [3.8, 4) is 17.2 Å². The predicted octanol–water partition coefficient (Wildman–Crippen LogP) is 2.71. The van der Waals surface area contributed by atoms with Crippen molar-refractivity contribution in [1.29, 1.82) is 0 Å². The summed E-state index contributed by atoms with van der Waals surface area (Å²) in [6.45, 7) is 1.41. The van der Waals surface area contributed by atoms with Gasteiger partial charge in [-0.25, -0.2) is 9.07 Å². The van der Waals surface area contributed by atoms with Gasteiger partial charge in [-0.3, -0.25) is 4.79 Å². The highest BCUT2D eigenvalue weighted by Gasteiger charge is 2.13. The smallest absolute Gasteiger partial charge is 0.272 e. The molecule has 0 unspecified atom stereocenters. The van der Waals surface area contributed by atoms with E-state index in [1.54, 1.807) is 24.4 Å². The standard InChI is InChI=1S/C19H16FN3O3/c20-14-2-4-15(5-3-14)23-8-7-16(22-23)19(24)21-12-13-1-6-17-18(11-13)26-10-9-25-17/h1-8,11H,9-10,12H2,(H,21,24). The van der Waals surface area contributed by atoms with Crippen LogP contribution < -0.4 is 14.8 Å². The number of ether oxygens (including phenoxy) is 2. The molecule has 0 aliphatic carbocycles. The van der Waals surface area contributed by atoms with Crippen LogP contribution in [0, 0.1) is 5.82 Å². The molecular weight excluding hydrogens is 337 g/mol. The number of amides is 1. The molecule has 0 saturated heterocycles. The predicted molar refractivity (Wildman–Crippen MR) is 92.1 cm³/mol. The normalized spacial score (nSPS) is 12.7. The number of rotatable bonds is 4. The van der Waals surface area contributed by atoms with E-state index in [2.05, 4.69) is 10.4 Å². The maximum absolute atomic E-state index is 13.0. The van der Waals surface area contributed by atoms with Crippen LogP contribution in [0.4, 0.5) is 4.39 Å². The third-order valence-electron chi connectivity index (χ3n) is 3.97. The highest BCUT2D eigenvalue weighted by atomic mass is 19.1. The third-order valence-corrected chi connectivity index (χ3v) is 3.97. The van der Waals surface area contributed by atoms with Crippen LogP contribution in [-0.2, 0) is 6.54 Å². The molecule has 7 heteroatoms. The molecule has 0 fully saturated rings. The van der Waals surface area contributed by atoms with Crippen LogP contribution in [-0.4, -0.2) is 28.9 Å². The number of carbonyl (C=O) groups is 1. The van der Waals surface area contributed by atoms with Crippen molar-refractivity contribution in [2.24, 2.45) is 0 Å². The molecule has 6 nitrogen and oxygen atoms in total. The third kappa shape index (κ3) is 3.37. The summed E-state index contributed by atoms with van der Waals surface area (Å²) in [7, 11) is 0. The highest BCUT2D eigenvalue weighted by molar-refractivity contribution is 5.92. The quantitative estimate of drug-likeness (QED) is 0.783. The number of hydrogen-bond acceptors (Lipinski definition) is 4. The zero-order valence-electron chi connectivity index (χ0n) is 13.8. The molecule has 3 aromatic rings. The number of fused-ring (bicyclic) bond motifs is 1. The lowest BCUT2D eigenvalue weighted by Crippen LogP contribution is -2.23. The minimum atomic E-state index is -0.321. The fourth-order valence-corrected chi connectivity index (χ4v) is 2.65. The van der Waals surface area contributed by atoms with Gasteiger partial charge in [0.15, 0.2) is 17.2 Å². The first-order valence-electron chi connectivity index (χ1n) is 8.17. The molecule has 1 N–H and O–H groups in total. The van der Waals surface area contributed by atoms with E-state index in [0.29, 0.717) is 36.9 Å². The Kier molecular flexibility index (Phi) is 4.27. The van der Waals surface area contributed by atoms with E-state index in [9.17, 15) is 9.18 Å². The Balaban J connectivity index is 1.41. The minimum Gasteiger partial charge on any atom is -0.486 e. The molecule has 1 aliphatic rings. The Bertz CT molecular complexity index is 937. The monoisotopic (exact) mass is 353 g/mol. The van der Waals surface area contributed by atoms with Gasteiger partial charge in [-0.15, -0.1) is 0 Å². The lowest BCUT2D eigenvalue weighted by molar-refractivity contribution is 0.0945. The van der Waals surface area contributed by atoms with E-state index in [4.69, 9.17) is 9.47 Å². The summed E-state index contributed by atoms with van der Waals surface area (Å²) >= 11 is 0. The molecule has 2 aromatic carbocycles. The van der Waals surface area contributed by atoms with Gasteiger partial charge in [-0.1, -0.05) is 6.07 Å². The molecular formula is C19H16FN3O3. The fourth-order valence-electron chi connectivity index (χ4n) is 2.65. The van der Waals surface area contributed by atoms with Crippen LogP contribution >= 0.6 is 0 Å². The van der Waals surface area contributed by atoms with Gasteiger partial charge in [0.1, 0.15) is 19.0 Å². The lowest BCUT2D eigenvalue weighted by atomic mass is 10.2. The van der Waals surface area contributed by atoms with Gasteiger partial charge >= 0.3 is 0 Å². The van der Waals surface area contributed by atoms with E-state index in [1.165, 1.54) is 16.8 Å². The molecule has 0 saturated carbocycles. The maximum Gasteiger partial charge on any atom is 0.272 e. The Morgan fingerprint density at radius 2 is 1.85 bits per heavy atom. The van der Waals surface area contributed by atoms with Gasteiger partial charge in [0.05, 0.1) is 5.69 Å². The Labute approximate surface area is 149 Å². The summed E-state index contributed by atoms with van der Waals surface area (Å²) in [4.78, 5) is 12.3. The number of hydrogen-bond donors (Lipinski definition) is 1. The second kappa shape index (κ2) is 6.87. The van der Waals surface area contributed by atoms with Gasteiger partial charge in [0, 0.05) is 12.7 Å². The van der Waals surface area contributed by atoms with Gasteiger partial charge in [-0.05, 0) is 48.0 Å². The molecule has 132 valence electrons. The van der Waals surface area contributed by atoms with Crippen molar-refractivity contribution in [3.63, 3.8) is 0 Å². The fraction of sp³-hybridized carbons (Fsp3) is 0.158. The van der Waals surface area contributed by atoms with E-state index < -0.39 is 0 Å².